The van der Waals surface area contributed by atoms with E-state index in [0.717, 1.165) is 16.5 Å². The van der Waals surface area contributed by atoms with Crippen molar-refractivity contribution in [2.75, 3.05) is 5.32 Å². The SMILES string of the molecule is Fc1cccc(Cl)c1NCc1ccc2ncccc2c1. The topological polar surface area (TPSA) is 24.9 Å². The van der Waals surface area contributed by atoms with Crippen LogP contribution in [0.1, 0.15) is 5.56 Å². The van der Waals surface area contributed by atoms with Gasteiger partial charge in [0, 0.05) is 18.1 Å². The van der Waals surface area contributed by atoms with Gasteiger partial charge in [0.25, 0.3) is 0 Å². The van der Waals surface area contributed by atoms with E-state index in [1.807, 2.05) is 30.3 Å². The van der Waals surface area contributed by atoms with Crippen LogP contribution in [0.25, 0.3) is 10.9 Å². The molecule has 0 spiro atoms. The van der Waals surface area contributed by atoms with Crippen molar-refractivity contribution < 1.29 is 4.39 Å². The van der Waals surface area contributed by atoms with E-state index in [1.54, 1.807) is 18.3 Å². The van der Waals surface area contributed by atoms with Crippen LogP contribution in [0.3, 0.4) is 0 Å². The first-order valence-corrected chi connectivity index (χ1v) is 6.63. The summed E-state index contributed by atoms with van der Waals surface area (Å²) in [6.07, 6.45) is 1.76. The highest BCUT2D eigenvalue weighted by molar-refractivity contribution is 6.33. The van der Waals surface area contributed by atoms with E-state index in [1.165, 1.54) is 6.07 Å². The van der Waals surface area contributed by atoms with Gasteiger partial charge in [0.2, 0.25) is 0 Å². The molecule has 0 saturated heterocycles. The summed E-state index contributed by atoms with van der Waals surface area (Å²) in [4.78, 5) is 4.27. The first kappa shape index (κ1) is 12.9. The zero-order valence-electron chi connectivity index (χ0n) is 10.6. The fourth-order valence-corrected chi connectivity index (χ4v) is 2.32. The number of nitrogens with zero attached hydrogens (tertiary/aromatic N) is 1. The molecule has 1 N–H and O–H groups in total. The minimum Gasteiger partial charge on any atom is -0.377 e. The highest BCUT2D eigenvalue weighted by atomic mass is 35.5. The van der Waals surface area contributed by atoms with Gasteiger partial charge in [-0.05, 0) is 35.9 Å². The lowest BCUT2D eigenvalue weighted by Crippen LogP contribution is -2.02. The van der Waals surface area contributed by atoms with Gasteiger partial charge in [-0.2, -0.15) is 0 Å². The van der Waals surface area contributed by atoms with Gasteiger partial charge in [-0.15, -0.1) is 0 Å². The smallest absolute Gasteiger partial charge is 0.147 e. The van der Waals surface area contributed by atoms with Crippen LogP contribution < -0.4 is 5.32 Å². The van der Waals surface area contributed by atoms with E-state index in [4.69, 9.17) is 11.6 Å². The second-order valence-electron chi connectivity index (χ2n) is 4.48. The van der Waals surface area contributed by atoms with Crippen molar-refractivity contribution in [1.82, 2.24) is 4.98 Å². The van der Waals surface area contributed by atoms with Gasteiger partial charge in [-0.1, -0.05) is 29.8 Å². The van der Waals surface area contributed by atoms with Crippen LogP contribution >= 0.6 is 11.6 Å². The number of benzene rings is 2. The Hall–Kier alpha value is -2.13. The van der Waals surface area contributed by atoms with Crippen LogP contribution in [0, 0.1) is 5.82 Å². The molecule has 0 aliphatic heterocycles. The molecular weight excluding hydrogens is 275 g/mol. The molecule has 0 saturated carbocycles. The Morgan fingerprint density at radius 2 is 2.00 bits per heavy atom. The molecule has 0 aliphatic carbocycles. The fraction of sp³-hybridized carbons (Fsp3) is 0.0625. The monoisotopic (exact) mass is 286 g/mol. The molecule has 0 atom stereocenters. The van der Waals surface area contributed by atoms with E-state index in [9.17, 15) is 4.39 Å². The molecule has 0 amide bonds. The fourth-order valence-electron chi connectivity index (χ4n) is 2.09. The molecule has 0 unspecified atom stereocenters. The van der Waals surface area contributed by atoms with Gasteiger partial charge < -0.3 is 5.32 Å². The number of fused-ring (bicyclic) bond motifs is 1. The Labute approximate surface area is 121 Å². The summed E-state index contributed by atoms with van der Waals surface area (Å²) in [7, 11) is 0. The number of rotatable bonds is 3. The van der Waals surface area contributed by atoms with Crippen molar-refractivity contribution in [3.63, 3.8) is 0 Å². The third-order valence-electron chi connectivity index (χ3n) is 3.10. The van der Waals surface area contributed by atoms with Crippen LogP contribution in [-0.2, 0) is 6.54 Å². The van der Waals surface area contributed by atoms with Gasteiger partial charge in [-0.3, -0.25) is 4.98 Å². The predicted octanol–water partition coefficient (Wildman–Crippen LogP) is 4.64. The highest BCUT2D eigenvalue weighted by Gasteiger charge is 2.06. The minimum atomic E-state index is -0.347. The zero-order chi connectivity index (χ0) is 13.9. The number of hydrogen-bond donors (Lipinski definition) is 1. The Morgan fingerprint density at radius 3 is 2.85 bits per heavy atom. The van der Waals surface area contributed by atoms with Crippen molar-refractivity contribution in [1.29, 1.82) is 0 Å². The summed E-state index contributed by atoms with van der Waals surface area (Å²) in [6.45, 7) is 0.505. The molecule has 3 rings (SSSR count). The molecule has 0 bridgehead atoms. The number of aromatic nitrogens is 1. The average Bonchev–Trinajstić information content (AvgIpc) is 2.46. The second kappa shape index (κ2) is 5.47. The third kappa shape index (κ3) is 2.58. The van der Waals surface area contributed by atoms with Crippen LogP contribution in [-0.4, -0.2) is 4.98 Å². The molecule has 100 valence electrons. The molecule has 1 aromatic heterocycles. The second-order valence-corrected chi connectivity index (χ2v) is 4.89. The molecule has 0 aliphatic rings. The van der Waals surface area contributed by atoms with E-state index in [2.05, 4.69) is 10.3 Å². The van der Waals surface area contributed by atoms with Crippen LogP contribution in [0.15, 0.2) is 54.7 Å². The standard InChI is InChI=1S/C16H12ClFN2/c17-13-4-1-5-14(18)16(13)20-10-11-6-7-15-12(9-11)3-2-8-19-15/h1-9,20H,10H2. The number of nitrogens with one attached hydrogen (secondary N) is 1. The predicted molar refractivity (Wildman–Crippen MR) is 80.5 cm³/mol. The highest BCUT2D eigenvalue weighted by Crippen LogP contribution is 2.25. The summed E-state index contributed by atoms with van der Waals surface area (Å²) < 4.78 is 13.6. The summed E-state index contributed by atoms with van der Waals surface area (Å²) in [5, 5.41) is 4.48. The van der Waals surface area contributed by atoms with Crippen molar-refractivity contribution >= 4 is 28.2 Å². The summed E-state index contributed by atoms with van der Waals surface area (Å²) in [5.41, 5.74) is 2.32. The summed E-state index contributed by atoms with van der Waals surface area (Å²) in [5.74, 6) is -0.347. The van der Waals surface area contributed by atoms with E-state index in [-0.39, 0.29) is 5.82 Å². The third-order valence-corrected chi connectivity index (χ3v) is 3.41. The average molecular weight is 287 g/mol. The summed E-state index contributed by atoms with van der Waals surface area (Å²) >= 11 is 5.98. The van der Waals surface area contributed by atoms with Gasteiger partial charge in [0.1, 0.15) is 5.82 Å². The first-order chi connectivity index (χ1) is 9.74. The molecule has 4 heteroatoms. The Balaban J connectivity index is 1.83. The lowest BCUT2D eigenvalue weighted by atomic mass is 10.1. The molecular formula is C16H12ClFN2. The number of halogens is 2. The number of pyridine rings is 1. The molecule has 3 aromatic rings. The van der Waals surface area contributed by atoms with Gasteiger partial charge in [0.15, 0.2) is 0 Å². The lowest BCUT2D eigenvalue weighted by molar-refractivity contribution is 0.630. The maximum atomic E-state index is 13.6. The summed E-state index contributed by atoms with van der Waals surface area (Å²) in [6, 6.07) is 14.5. The van der Waals surface area contributed by atoms with Crippen LogP contribution in [0.4, 0.5) is 10.1 Å². The van der Waals surface area contributed by atoms with E-state index >= 15 is 0 Å². The molecule has 20 heavy (non-hydrogen) atoms. The molecule has 2 nitrogen and oxygen atoms in total. The Morgan fingerprint density at radius 1 is 1.10 bits per heavy atom. The van der Waals surface area contributed by atoms with E-state index in [0.29, 0.717) is 17.3 Å². The van der Waals surface area contributed by atoms with Gasteiger partial charge in [0.05, 0.1) is 16.2 Å². The van der Waals surface area contributed by atoms with Crippen molar-refractivity contribution in [2.24, 2.45) is 0 Å². The maximum absolute atomic E-state index is 13.6. The van der Waals surface area contributed by atoms with Crippen molar-refractivity contribution in [3.05, 3.63) is 71.1 Å². The molecule has 2 aromatic carbocycles. The van der Waals surface area contributed by atoms with Gasteiger partial charge in [-0.25, -0.2) is 4.39 Å². The zero-order valence-corrected chi connectivity index (χ0v) is 11.4. The van der Waals surface area contributed by atoms with Gasteiger partial charge >= 0.3 is 0 Å². The van der Waals surface area contributed by atoms with E-state index < -0.39 is 0 Å². The van der Waals surface area contributed by atoms with Crippen LogP contribution in [0.2, 0.25) is 5.02 Å². The van der Waals surface area contributed by atoms with Crippen molar-refractivity contribution in [2.45, 2.75) is 6.54 Å². The minimum absolute atomic E-state index is 0.334. The number of para-hydroxylation sites is 1. The largest absolute Gasteiger partial charge is 0.377 e. The number of hydrogen-bond acceptors (Lipinski definition) is 2. The molecule has 1 heterocycles. The quantitative estimate of drug-likeness (QED) is 0.759. The normalized spacial score (nSPS) is 10.7. The van der Waals surface area contributed by atoms with Crippen molar-refractivity contribution in [3.8, 4) is 0 Å². The maximum Gasteiger partial charge on any atom is 0.147 e. The molecule has 0 fully saturated rings. The number of anilines is 1. The first-order valence-electron chi connectivity index (χ1n) is 6.25. The van der Waals surface area contributed by atoms with Crippen LogP contribution in [0.5, 0.6) is 0 Å². The Kier molecular flexibility index (Phi) is 3.52. The molecule has 0 radical (unpaired) electrons. The Bertz CT molecular complexity index is 738. The lowest BCUT2D eigenvalue weighted by Gasteiger charge is -2.10.